The third-order valence-electron chi connectivity index (χ3n) is 6.56. The van der Waals surface area contributed by atoms with Gasteiger partial charge >= 0.3 is 0 Å². The summed E-state index contributed by atoms with van der Waals surface area (Å²) in [5.74, 6) is 2.14. The van der Waals surface area contributed by atoms with E-state index in [9.17, 15) is 0 Å². The molecule has 0 bridgehead atoms. The van der Waals surface area contributed by atoms with E-state index in [1.807, 2.05) is 12.3 Å². The van der Waals surface area contributed by atoms with Gasteiger partial charge in [0.25, 0.3) is 0 Å². The summed E-state index contributed by atoms with van der Waals surface area (Å²) in [4.78, 5) is 21.6. The summed E-state index contributed by atoms with van der Waals surface area (Å²) >= 11 is 0. The third-order valence-corrected chi connectivity index (χ3v) is 6.56. The molecule has 1 aliphatic carbocycles. The van der Waals surface area contributed by atoms with E-state index < -0.39 is 0 Å². The van der Waals surface area contributed by atoms with Crippen LogP contribution in [0.25, 0.3) is 11.4 Å². The molecule has 2 aliphatic rings. The number of fused-ring (bicyclic) bond motifs is 2. The van der Waals surface area contributed by atoms with Gasteiger partial charge in [0.2, 0.25) is 0 Å². The first-order valence-electron chi connectivity index (χ1n) is 11.1. The van der Waals surface area contributed by atoms with Crippen LogP contribution in [0.15, 0.2) is 48.8 Å². The zero-order valence-electron chi connectivity index (χ0n) is 17.9. The number of piperidine rings is 1. The van der Waals surface area contributed by atoms with Crippen molar-refractivity contribution in [2.24, 2.45) is 0 Å². The lowest BCUT2D eigenvalue weighted by Gasteiger charge is -2.40. The normalized spacial score (nSPS) is 21.3. The van der Waals surface area contributed by atoms with Gasteiger partial charge in [0.15, 0.2) is 5.82 Å². The second-order valence-corrected chi connectivity index (χ2v) is 9.09. The number of aryl methyl sites for hydroxylation is 1. The van der Waals surface area contributed by atoms with E-state index in [1.54, 1.807) is 0 Å². The molecule has 1 aliphatic heterocycles. The van der Waals surface area contributed by atoms with Gasteiger partial charge in [0.05, 0.1) is 11.4 Å². The fourth-order valence-electron chi connectivity index (χ4n) is 5.04. The minimum absolute atomic E-state index is 0.147. The lowest BCUT2D eigenvalue weighted by molar-refractivity contribution is 0.135. The first-order valence-corrected chi connectivity index (χ1v) is 11.1. The molecule has 1 saturated heterocycles. The van der Waals surface area contributed by atoms with Gasteiger partial charge in [-0.1, -0.05) is 44.2 Å². The van der Waals surface area contributed by atoms with E-state index in [4.69, 9.17) is 9.97 Å². The van der Waals surface area contributed by atoms with Crippen LogP contribution in [0.2, 0.25) is 0 Å². The fraction of sp³-hybridized carbons (Fsp3) is 0.440. The molecule has 1 atom stereocenters. The van der Waals surface area contributed by atoms with Crippen molar-refractivity contribution in [3.05, 3.63) is 71.6 Å². The van der Waals surface area contributed by atoms with E-state index in [2.05, 4.69) is 65.2 Å². The van der Waals surface area contributed by atoms with Crippen molar-refractivity contribution in [2.75, 3.05) is 13.1 Å². The average Bonchev–Trinajstić information content (AvgIpc) is 3.11. The molecule has 0 amide bonds. The molecule has 3 aromatic rings. The van der Waals surface area contributed by atoms with E-state index in [0.29, 0.717) is 5.92 Å². The zero-order chi connectivity index (χ0) is 20.6. The number of hydrogen-bond donors (Lipinski definition) is 0. The summed E-state index contributed by atoms with van der Waals surface area (Å²) in [6, 6.07) is 12.4. The zero-order valence-corrected chi connectivity index (χ0v) is 17.9. The van der Waals surface area contributed by atoms with Gasteiger partial charge in [-0.25, -0.2) is 19.9 Å². The minimum Gasteiger partial charge on any atom is -0.297 e. The molecule has 2 aromatic heterocycles. The molecule has 0 saturated carbocycles. The lowest BCUT2D eigenvalue weighted by atomic mass is 9.77. The molecule has 5 rings (SSSR count). The van der Waals surface area contributed by atoms with Gasteiger partial charge in [0.1, 0.15) is 5.82 Å². The first-order chi connectivity index (χ1) is 14.6. The van der Waals surface area contributed by atoms with Gasteiger partial charge in [-0.3, -0.25) is 4.90 Å². The molecule has 1 unspecified atom stereocenters. The number of aromatic nitrogens is 4. The monoisotopic (exact) mass is 399 g/mol. The van der Waals surface area contributed by atoms with Crippen LogP contribution >= 0.6 is 0 Å². The highest BCUT2D eigenvalue weighted by Crippen LogP contribution is 2.44. The quantitative estimate of drug-likeness (QED) is 0.645. The van der Waals surface area contributed by atoms with E-state index in [1.165, 1.54) is 30.5 Å². The number of hydrogen-bond acceptors (Lipinski definition) is 5. The van der Waals surface area contributed by atoms with Gasteiger partial charge in [-0.05, 0) is 43.9 Å². The van der Waals surface area contributed by atoms with Gasteiger partial charge in [-0.15, -0.1) is 0 Å². The van der Waals surface area contributed by atoms with Crippen molar-refractivity contribution in [1.29, 1.82) is 0 Å². The first kappa shape index (κ1) is 19.3. The fourth-order valence-corrected chi connectivity index (χ4v) is 5.04. The van der Waals surface area contributed by atoms with Crippen LogP contribution in [-0.2, 0) is 18.4 Å². The van der Waals surface area contributed by atoms with Gasteiger partial charge in [-0.2, -0.15) is 0 Å². The Morgan fingerprint density at radius 3 is 2.73 bits per heavy atom. The molecule has 0 radical (unpaired) electrons. The molecule has 5 heteroatoms. The molecule has 1 fully saturated rings. The predicted molar refractivity (Wildman–Crippen MR) is 118 cm³/mol. The minimum atomic E-state index is 0.147. The number of benzene rings is 1. The maximum absolute atomic E-state index is 5.12. The Balaban J connectivity index is 1.41. The Hall–Kier alpha value is -2.66. The highest BCUT2D eigenvalue weighted by atomic mass is 15.2. The van der Waals surface area contributed by atoms with Crippen LogP contribution < -0.4 is 0 Å². The summed E-state index contributed by atoms with van der Waals surface area (Å²) in [6.45, 7) is 7.35. The van der Waals surface area contributed by atoms with Crippen molar-refractivity contribution in [2.45, 2.75) is 57.4 Å². The van der Waals surface area contributed by atoms with Crippen molar-refractivity contribution >= 4 is 0 Å². The second-order valence-electron chi connectivity index (χ2n) is 9.09. The molecular weight excluding hydrogens is 370 g/mol. The molecule has 154 valence electrons. The lowest BCUT2D eigenvalue weighted by Crippen LogP contribution is -2.45. The molecule has 5 nitrogen and oxygen atoms in total. The molecule has 1 spiro atoms. The molecule has 30 heavy (non-hydrogen) atoms. The van der Waals surface area contributed by atoms with Crippen molar-refractivity contribution in [1.82, 2.24) is 24.8 Å². The summed E-state index contributed by atoms with van der Waals surface area (Å²) in [6.07, 6.45) is 8.64. The molecule has 1 aromatic carbocycles. The van der Waals surface area contributed by atoms with E-state index in [-0.39, 0.29) is 5.41 Å². The van der Waals surface area contributed by atoms with E-state index in [0.717, 1.165) is 49.0 Å². The van der Waals surface area contributed by atoms with Crippen LogP contribution in [0.3, 0.4) is 0 Å². The maximum Gasteiger partial charge on any atom is 0.159 e. The molecule has 3 heterocycles. The van der Waals surface area contributed by atoms with Crippen molar-refractivity contribution in [3.8, 4) is 11.4 Å². The highest BCUT2D eigenvalue weighted by molar-refractivity contribution is 5.55. The Kier molecular flexibility index (Phi) is 5.07. The van der Waals surface area contributed by atoms with Crippen LogP contribution in [0, 0.1) is 0 Å². The Bertz CT molecular complexity index is 1030. The Morgan fingerprint density at radius 2 is 1.90 bits per heavy atom. The third kappa shape index (κ3) is 3.63. The second kappa shape index (κ2) is 7.88. The number of rotatable bonds is 4. The Labute approximate surface area is 178 Å². The summed E-state index contributed by atoms with van der Waals surface area (Å²) in [5.41, 5.74) is 4.98. The van der Waals surface area contributed by atoms with Crippen LogP contribution in [0.4, 0.5) is 0 Å². The molecular formula is C25H29N5. The van der Waals surface area contributed by atoms with Crippen LogP contribution in [-0.4, -0.2) is 37.9 Å². The molecule has 0 N–H and O–H groups in total. The predicted octanol–water partition coefficient (Wildman–Crippen LogP) is 4.54. The maximum atomic E-state index is 5.12. The largest absolute Gasteiger partial charge is 0.297 e. The summed E-state index contributed by atoms with van der Waals surface area (Å²) in [7, 11) is 0. The average molecular weight is 400 g/mol. The van der Waals surface area contributed by atoms with Crippen LogP contribution in [0.1, 0.15) is 61.8 Å². The highest BCUT2D eigenvalue weighted by Gasteiger charge is 2.43. The standard InChI is InChI=1S/C25H29N5/c1-18(2)23-26-13-10-21(28-23)16-30-14-6-11-25(17-30)12-9-20-15-27-24(29-22(20)25)19-7-4-3-5-8-19/h3-5,7-8,10,13,15,18H,6,9,11-12,14,16-17H2,1-2H3. The van der Waals surface area contributed by atoms with Gasteiger partial charge < -0.3 is 0 Å². The van der Waals surface area contributed by atoms with Gasteiger partial charge in [0, 0.05) is 42.4 Å². The SMILES string of the molecule is CC(C)c1nccc(CN2CCCC3(CCc4cnc(-c5ccccc5)nc43)C2)n1. The van der Waals surface area contributed by atoms with Crippen molar-refractivity contribution < 1.29 is 0 Å². The summed E-state index contributed by atoms with van der Waals surface area (Å²) < 4.78 is 0. The summed E-state index contributed by atoms with van der Waals surface area (Å²) in [5, 5.41) is 0. The topological polar surface area (TPSA) is 54.8 Å². The smallest absolute Gasteiger partial charge is 0.159 e. The number of likely N-dealkylation sites (tertiary alicyclic amines) is 1. The van der Waals surface area contributed by atoms with E-state index >= 15 is 0 Å². The number of nitrogens with zero attached hydrogens (tertiary/aromatic N) is 5. The van der Waals surface area contributed by atoms with Crippen LogP contribution in [0.5, 0.6) is 0 Å². The van der Waals surface area contributed by atoms with Crippen molar-refractivity contribution in [3.63, 3.8) is 0 Å². The Morgan fingerprint density at radius 1 is 1.03 bits per heavy atom.